The second-order valence-electron chi connectivity index (χ2n) is 8.40. The second kappa shape index (κ2) is 10.8. The zero-order chi connectivity index (χ0) is 27.5. The summed E-state index contributed by atoms with van der Waals surface area (Å²) in [5.74, 6) is 0.282. The van der Waals surface area contributed by atoms with E-state index in [0.29, 0.717) is 44.5 Å². The number of methoxy groups -OCH3 is 1. The summed E-state index contributed by atoms with van der Waals surface area (Å²) in [5.41, 5.74) is 1.65. The standard InChI is InChI=1S/C28H21ClN4O6/c1-16-31-25(32-39-16)17-8-10-18(11-9-17)26(35)30-15-22-24(34)21-13-12-19(29)14-23(21)33(20-6-4-3-5-7-20)27(22)38-28(36)37-2/h3-14H,15H2,1-2H3,(H,30,35). The summed E-state index contributed by atoms with van der Waals surface area (Å²) in [4.78, 5) is 43.0. The Hall–Kier alpha value is -4.96. The number of ether oxygens (including phenoxy) is 2. The lowest BCUT2D eigenvalue weighted by atomic mass is 10.1. The molecule has 0 aliphatic heterocycles. The van der Waals surface area contributed by atoms with Gasteiger partial charge in [0.2, 0.25) is 17.6 Å². The number of aryl methyl sites for hydroxylation is 1. The number of nitrogens with zero attached hydrogens (tertiary/aromatic N) is 3. The monoisotopic (exact) mass is 544 g/mol. The molecule has 0 saturated carbocycles. The Balaban J connectivity index is 1.55. The number of nitrogens with one attached hydrogen (secondary N) is 1. The van der Waals surface area contributed by atoms with Crippen molar-refractivity contribution in [1.29, 1.82) is 0 Å². The van der Waals surface area contributed by atoms with Crippen LogP contribution in [0.15, 0.2) is 82.1 Å². The number of fused-ring (bicyclic) bond motifs is 1. The number of rotatable bonds is 6. The topological polar surface area (TPSA) is 126 Å². The van der Waals surface area contributed by atoms with Gasteiger partial charge in [-0.1, -0.05) is 47.1 Å². The van der Waals surface area contributed by atoms with Gasteiger partial charge in [0.05, 0.1) is 24.7 Å². The van der Waals surface area contributed by atoms with E-state index in [1.54, 1.807) is 78.2 Å². The molecular weight excluding hydrogens is 524 g/mol. The molecular formula is C28H21ClN4O6. The first-order chi connectivity index (χ1) is 18.9. The number of amides is 1. The highest BCUT2D eigenvalue weighted by atomic mass is 35.5. The van der Waals surface area contributed by atoms with Crippen LogP contribution in [0.2, 0.25) is 5.02 Å². The highest BCUT2D eigenvalue weighted by molar-refractivity contribution is 6.31. The van der Waals surface area contributed by atoms with Crippen molar-refractivity contribution in [3.8, 4) is 23.0 Å². The van der Waals surface area contributed by atoms with Crippen molar-refractivity contribution in [3.05, 3.63) is 105 Å². The van der Waals surface area contributed by atoms with E-state index in [-0.39, 0.29) is 18.0 Å². The van der Waals surface area contributed by atoms with E-state index in [2.05, 4.69) is 15.5 Å². The highest BCUT2D eigenvalue weighted by Crippen LogP contribution is 2.29. The fraction of sp³-hybridized carbons (Fsp3) is 0.107. The molecule has 3 aromatic carbocycles. The smallest absolute Gasteiger partial charge is 0.437 e. The summed E-state index contributed by atoms with van der Waals surface area (Å²) in [6.07, 6.45) is -1.03. The molecule has 0 aliphatic carbocycles. The number of hydrogen-bond donors (Lipinski definition) is 1. The number of benzene rings is 3. The Bertz CT molecular complexity index is 1750. The first kappa shape index (κ1) is 25.7. The minimum absolute atomic E-state index is 0.0475. The minimum Gasteiger partial charge on any atom is -0.437 e. The molecule has 0 aliphatic rings. The van der Waals surface area contributed by atoms with Crippen LogP contribution in [0.5, 0.6) is 5.88 Å². The van der Waals surface area contributed by atoms with E-state index in [0.717, 1.165) is 7.11 Å². The average molecular weight is 545 g/mol. The third-order valence-corrected chi connectivity index (χ3v) is 6.14. The largest absolute Gasteiger partial charge is 0.514 e. The van der Waals surface area contributed by atoms with Gasteiger partial charge in [0.1, 0.15) is 0 Å². The Morgan fingerprint density at radius 3 is 2.46 bits per heavy atom. The third kappa shape index (κ3) is 5.23. The average Bonchev–Trinajstić information content (AvgIpc) is 3.39. The van der Waals surface area contributed by atoms with Gasteiger partial charge in [0.15, 0.2) is 5.43 Å². The Morgan fingerprint density at radius 2 is 1.79 bits per heavy atom. The van der Waals surface area contributed by atoms with Gasteiger partial charge < -0.3 is 19.3 Å². The molecule has 0 atom stereocenters. The van der Waals surface area contributed by atoms with E-state index < -0.39 is 17.5 Å². The molecule has 2 aromatic heterocycles. The van der Waals surface area contributed by atoms with Gasteiger partial charge in [-0.05, 0) is 42.5 Å². The van der Waals surface area contributed by atoms with Crippen LogP contribution in [0.1, 0.15) is 21.8 Å². The molecule has 196 valence electrons. The van der Waals surface area contributed by atoms with Gasteiger partial charge >= 0.3 is 6.16 Å². The number of pyridine rings is 1. The summed E-state index contributed by atoms with van der Waals surface area (Å²) in [7, 11) is 1.16. The predicted molar refractivity (Wildman–Crippen MR) is 143 cm³/mol. The third-order valence-electron chi connectivity index (χ3n) is 5.90. The summed E-state index contributed by atoms with van der Waals surface area (Å²) in [6, 6.07) is 20.4. The van der Waals surface area contributed by atoms with Gasteiger partial charge in [-0.3, -0.25) is 14.2 Å². The molecule has 5 aromatic rings. The minimum atomic E-state index is -1.03. The molecule has 1 N–H and O–H groups in total. The van der Waals surface area contributed by atoms with Crippen molar-refractivity contribution in [1.82, 2.24) is 20.0 Å². The lowest BCUT2D eigenvalue weighted by Gasteiger charge is -2.20. The van der Waals surface area contributed by atoms with Gasteiger partial charge in [-0.2, -0.15) is 4.98 Å². The van der Waals surface area contributed by atoms with Crippen LogP contribution >= 0.6 is 11.6 Å². The number of halogens is 1. The molecule has 2 heterocycles. The number of hydrogen-bond acceptors (Lipinski definition) is 8. The first-order valence-corrected chi connectivity index (χ1v) is 12.1. The maximum atomic E-state index is 13.6. The zero-order valence-electron chi connectivity index (χ0n) is 20.8. The van der Waals surface area contributed by atoms with Gasteiger partial charge in [-0.15, -0.1) is 0 Å². The Labute approximate surface area is 226 Å². The maximum absolute atomic E-state index is 13.6. The maximum Gasteiger partial charge on any atom is 0.514 e. The SMILES string of the molecule is COC(=O)Oc1c(CNC(=O)c2ccc(-c3noc(C)n3)cc2)c(=O)c2ccc(Cl)cc2n1-c1ccccc1. The van der Waals surface area contributed by atoms with E-state index >= 15 is 0 Å². The van der Waals surface area contributed by atoms with E-state index in [9.17, 15) is 14.4 Å². The van der Waals surface area contributed by atoms with Crippen LogP contribution < -0.4 is 15.5 Å². The van der Waals surface area contributed by atoms with Crippen LogP contribution in [-0.2, 0) is 11.3 Å². The van der Waals surface area contributed by atoms with Crippen molar-refractivity contribution in [3.63, 3.8) is 0 Å². The van der Waals surface area contributed by atoms with Gasteiger partial charge in [-0.25, -0.2) is 4.79 Å². The van der Waals surface area contributed by atoms with Gasteiger partial charge in [0.25, 0.3) is 5.91 Å². The van der Waals surface area contributed by atoms with Crippen LogP contribution in [0.25, 0.3) is 28.0 Å². The molecule has 1 amide bonds. The van der Waals surface area contributed by atoms with Crippen molar-refractivity contribution in [2.75, 3.05) is 7.11 Å². The molecule has 0 fully saturated rings. The van der Waals surface area contributed by atoms with E-state index in [1.165, 1.54) is 0 Å². The Kier molecular flexibility index (Phi) is 7.11. The molecule has 0 unspecified atom stereocenters. The van der Waals surface area contributed by atoms with Gasteiger partial charge in [0, 0.05) is 34.1 Å². The van der Waals surface area contributed by atoms with E-state index in [4.69, 9.17) is 25.6 Å². The fourth-order valence-electron chi connectivity index (χ4n) is 4.06. The fourth-order valence-corrected chi connectivity index (χ4v) is 4.23. The summed E-state index contributed by atoms with van der Waals surface area (Å²) < 4.78 is 16.8. The van der Waals surface area contributed by atoms with Crippen molar-refractivity contribution >= 4 is 34.6 Å². The number of aromatic nitrogens is 3. The normalized spacial score (nSPS) is 10.8. The quantitative estimate of drug-likeness (QED) is 0.293. The van der Waals surface area contributed by atoms with E-state index in [1.807, 2.05) is 6.07 Å². The van der Waals surface area contributed by atoms with Crippen LogP contribution in [0.3, 0.4) is 0 Å². The molecule has 0 radical (unpaired) electrons. The predicted octanol–water partition coefficient (Wildman–Crippen LogP) is 5.08. The second-order valence-corrected chi connectivity index (χ2v) is 8.83. The molecule has 0 bridgehead atoms. The summed E-state index contributed by atoms with van der Waals surface area (Å²) in [6.45, 7) is 1.45. The molecule has 0 saturated heterocycles. The molecule has 0 spiro atoms. The molecule has 39 heavy (non-hydrogen) atoms. The lowest BCUT2D eigenvalue weighted by Crippen LogP contribution is -2.29. The summed E-state index contributed by atoms with van der Waals surface area (Å²) >= 11 is 6.26. The number of carbonyl (C=O) groups is 2. The van der Waals surface area contributed by atoms with Crippen LogP contribution in [0, 0.1) is 6.92 Å². The van der Waals surface area contributed by atoms with Crippen LogP contribution in [-0.4, -0.2) is 33.9 Å². The van der Waals surface area contributed by atoms with Crippen molar-refractivity contribution in [2.24, 2.45) is 0 Å². The van der Waals surface area contributed by atoms with Crippen molar-refractivity contribution < 1.29 is 23.6 Å². The number of carbonyl (C=O) groups excluding carboxylic acids is 2. The Morgan fingerprint density at radius 1 is 1.05 bits per heavy atom. The zero-order valence-corrected chi connectivity index (χ0v) is 21.6. The highest BCUT2D eigenvalue weighted by Gasteiger charge is 2.23. The number of para-hydroxylation sites is 1. The van der Waals surface area contributed by atoms with Crippen molar-refractivity contribution in [2.45, 2.75) is 13.5 Å². The van der Waals surface area contributed by atoms with Crippen LogP contribution in [0.4, 0.5) is 4.79 Å². The molecule has 10 nitrogen and oxygen atoms in total. The molecule has 5 rings (SSSR count). The lowest BCUT2D eigenvalue weighted by molar-refractivity contribution is 0.0950. The molecule has 11 heteroatoms. The first-order valence-electron chi connectivity index (χ1n) is 11.7. The summed E-state index contributed by atoms with van der Waals surface area (Å²) in [5, 5.41) is 7.32.